The summed E-state index contributed by atoms with van der Waals surface area (Å²) in [6.45, 7) is 1.87. The number of nitrogens with two attached hydrogens (primary N) is 1. The first-order chi connectivity index (χ1) is 13.9. The first kappa shape index (κ1) is 21.7. The molecule has 0 aliphatic carbocycles. The summed E-state index contributed by atoms with van der Waals surface area (Å²) in [5.41, 5.74) is 8.06. The van der Waals surface area contributed by atoms with Gasteiger partial charge in [0.05, 0.1) is 23.5 Å². The topological polar surface area (TPSA) is 132 Å². The third kappa shape index (κ3) is 6.82. The van der Waals surface area contributed by atoms with Crippen molar-refractivity contribution in [3.05, 3.63) is 53.1 Å². The number of rotatable bonds is 8. The summed E-state index contributed by atoms with van der Waals surface area (Å²) in [6.07, 6.45) is 1.32. The number of nitrogens with zero attached hydrogens (tertiary/aromatic N) is 1. The minimum Gasteiger partial charge on any atom is -0.490 e. The van der Waals surface area contributed by atoms with Crippen LogP contribution in [-0.4, -0.2) is 37.1 Å². The number of benzene rings is 2. The molecule has 0 fully saturated rings. The van der Waals surface area contributed by atoms with Gasteiger partial charge in [0.1, 0.15) is 0 Å². The molecule has 0 radical (unpaired) electrons. The van der Waals surface area contributed by atoms with Crippen LogP contribution in [0.4, 0.5) is 5.69 Å². The molecule has 0 aliphatic heterocycles. The van der Waals surface area contributed by atoms with E-state index < -0.39 is 17.7 Å². The molecule has 0 saturated carbocycles. The monoisotopic (exact) mass is 418 g/mol. The van der Waals surface area contributed by atoms with Crippen LogP contribution in [0, 0.1) is 0 Å². The largest absolute Gasteiger partial charge is 0.490 e. The Hall–Kier alpha value is -3.59. The lowest BCUT2D eigenvalue weighted by Crippen LogP contribution is -2.32. The van der Waals surface area contributed by atoms with Crippen molar-refractivity contribution in [1.82, 2.24) is 5.43 Å². The Bertz CT molecular complexity index is 933. The second kappa shape index (κ2) is 10.7. The number of amides is 3. The molecule has 0 bridgehead atoms. The van der Waals surface area contributed by atoms with Gasteiger partial charge in [0.15, 0.2) is 18.1 Å². The number of anilines is 1. The molecule has 10 heteroatoms. The average Bonchev–Trinajstić information content (AvgIpc) is 2.69. The molecule has 152 valence electrons. The third-order valence-electron chi connectivity index (χ3n) is 3.35. The molecule has 29 heavy (non-hydrogen) atoms. The number of para-hydroxylation sites is 1. The van der Waals surface area contributed by atoms with Gasteiger partial charge in [-0.25, -0.2) is 5.43 Å². The Morgan fingerprint density at radius 1 is 1.10 bits per heavy atom. The summed E-state index contributed by atoms with van der Waals surface area (Å²) in [5.74, 6) is -1.78. The van der Waals surface area contributed by atoms with Gasteiger partial charge in [-0.15, -0.1) is 0 Å². The molecule has 0 saturated heterocycles. The molecule has 0 unspecified atom stereocenters. The summed E-state index contributed by atoms with van der Waals surface area (Å²) >= 11 is 5.93. The molecular formula is C19H19ClN4O5. The Labute approximate surface area is 171 Å². The van der Waals surface area contributed by atoms with Crippen LogP contribution in [0.5, 0.6) is 11.5 Å². The third-order valence-corrected chi connectivity index (χ3v) is 3.68. The van der Waals surface area contributed by atoms with E-state index in [0.29, 0.717) is 34.4 Å². The second-order valence-corrected chi connectivity index (χ2v) is 5.93. The maximum absolute atomic E-state index is 11.9. The van der Waals surface area contributed by atoms with Gasteiger partial charge < -0.3 is 20.5 Å². The lowest BCUT2D eigenvalue weighted by Gasteiger charge is -2.11. The molecule has 3 amide bonds. The fraction of sp³-hybridized carbons (Fsp3) is 0.158. The van der Waals surface area contributed by atoms with Gasteiger partial charge in [0, 0.05) is 0 Å². The summed E-state index contributed by atoms with van der Waals surface area (Å²) < 4.78 is 10.7. The predicted molar refractivity (Wildman–Crippen MR) is 108 cm³/mol. The maximum atomic E-state index is 11.9. The van der Waals surface area contributed by atoms with Crippen molar-refractivity contribution < 1.29 is 23.9 Å². The molecule has 0 heterocycles. The number of primary amides is 1. The number of ether oxygens (including phenoxy) is 2. The normalized spacial score (nSPS) is 10.4. The van der Waals surface area contributed by atoms with Gasteiger partial charge in [-0.2, -0.15) is 5.10 Å². The Kier molecular flexibility index (Phi) is 7.99. The highest BCUT2D eigenvalue weighted by atomic mass is 35.5. The van der Waals surface area contributed by atoms with E-state index in [1.807, 2.05) is 0 Å². The number of carbonyl (C=O) groups is 3. The predicted octanol–water partition coefficient (Wildman–Crippen LogP) is 1.69. The summed E-state index contributed by atoms with van der Waals surface area (Å²) in [4.78, 5) is 34.6. The van der Waals surface area contributed by atoms with E-state index in [-0.39, 0.29) is 6.61 Å². The molecular weight excluding hydrogens is 400 g/mol. The summed E-state index contributed by atoms with van der Waals surface area (Å²) in [5, 5.41) is 6.43. The maximum Gasteiger partial charge on any atom is 0.329 e. The van der Waals surface area contributed by atoms with E-state index in [9.17, 15) is 14.4 Å². The van der Waals surface area contributed by atoms with Gasteiger partial charge in [-0.3, -0.25) is 14.4 Å². The zero-order chi connectivity index (χ0) is 21.2. The van der Waals surface area contributed by atoms with Crippen molar-refractivity contribution in [3.8, 4) is 11.5 Å². The average molecular weight is 419 g/mol. The zero-order valence-electron chi connectivity index (χ0n) is 15.5. The number of hydrazone groups is 1. The van der Waals surface area contributed by atoms with Crippen LogP contribution in [0.25, 0.3) is 0 Å². The van der Waals surface area contributed by atoms with Crippen LogP contribution in [0.2, 0.25) is 5.02 Å². The van der Waals surface area contributed by atoms with Crippen LogP contribution in [0.1, 0.15) is 12.5 Å². The van der Waals surface area contributed by atoms with Crippen LogP contribution in [0.15, 0.2) is 47.6 Å². The number of nitrogens with one attached hydrogen (secondary N) is 2. The van der Waals surface area contributed by atoms with Gasteiger partial charge >= 0.3 is 11.8 Å². The van der Waals surface area contributed by atoms with Crippen molar-refractivity contribution in [3.63, 3.8) is 0 Å². The highest BCUT2D eigenvalue weighted by Crippen LogP contribution is 2.28. The van der Waals surface area contributed by atoms with Crippen LogP contribution in [-0.2, 0) is 14.4 Å². The minimum absolute atomic E-state index is 0.288. The smallest absolute Gasteiger partial charge is 0.329 e. The minimum atomic E-state index is -0.965. The standard InChI is InChI=1S/C19H19ClN4O5/c1-2-28-16-9-12(7-8-15(16)29-11-17(21)25)10-22-24-19(27)18(26)23-14-6-4-3-5-13(14)20/h3-10H,2,11H2,1H3,(H2,21,25)(H,23,26)(H,24,27). The van der Waals surface area contributed by atoms with Gasteiger partial charge in [0.25, 0.3) is 5.91 Å². The van der Waals surface area contributed by atoms with Crippen molar-refractivity contribution in [2.24, 2.45) is 10.8 Å². The fourth-order valence-electron chi connectivity index (χ4n) is 2.10. The SMILES string of the molecule is CCOc1cc(C=NNC(=O)C(=O)Nc2ccccc2Cl)ccc1OCC(N)=O. The van der Waals surface area contributed by atoms with Crippen LogP contribution < -0.4 is 25.9 Å². The molecule has 0 atom stereocenters. The molecule has 0 aliphatic rings. The van der Waals surface area contributed by atoms with E-state index >= 15 is 0 Å². The highest BCUT2D eigenvalue weighted by molar-refractivity contribution is 6.41. The number of hydrogen-bond acceptors (Lipinski definition) is 6. The van der Waals surface area contributed by atoms with E-state index in [2.05, 4.69) is 15.8 Å². The number of halogens is 1. The first-order valence-corrected chi connectivity index (χ1v) is 8.85. The van der Waals surface area contributed by atoms with Crippen molar-refractivity contribution in [2.45, 2.75) is 6.92 Å². The number of carbonyl (C=O) groups excluding carboxylic acids is 3. The summed E-state index contributed by atoms with van der Waals surface area (Å²) in [7, 11) is 0. The van der Waals surface area contributed by atoms with E-state index in [1.165, 1.54) is 6.21 Å². The van der Waals surface area contributed by atoms with E-state index in [4.69, 9.17) is 26.8 Å². The molecule has 0 aromatic heterocycles. The molecule has 9 nitrogen and oxygen atoms in total. The Morgan fingerprint density at radius 2 is 1.86 bits per heavy atom. The second-order valence-electron chi connectivity index (χ2n) is 5.53. The Balaban J connectivity index is 1.98. The molecule has 2 rings (SSSR count). The van der Waals surface area contributed by atoms with E-state index in [1.54, 1.807) is 49.4 Å². The van der Waals surface area contributed by atoms with Crippen molar-refractivity contribution in [1.29, 1.82) is 0 Å². The van der Waals surface area contributed by atoms with Crippen LogP contribution >= 0.6 is 11.6 Å². The molecule has 0 spiro atoms. The number of hydrogen-bond donors (Lipinski definition) is 3. The molecule has 2 aromatic carbocycles. The zero-order valence-corrected chi connectivity index (χ0v) is 16.2. The van der Waals surface area contributed by atoms with E-state index in [0.717, 1.165) is 0 Å². The Morgan fingerprint density at radius 3 is 2.55 bits per heavy atom. The van der Waals surface area contributed by atoms with Gasteiger partial charge in [-0.05, 0) is 42.8 Å². The van der Waals surface area contributed by atoms with Gasteiger partial charge in [0.2, 0.25) is 0 Å². The molecule has 2 aromatic rings. The lowest BCUT2D eigenvalue weighted by atomic mass is 10.2. The highest BCUT2D eigenvalue weighted by Gasteiger charge is 2.14. The van der Waals surface area contributed by atoms with Crippen LogP contribution in [0.3, 0.4) is 0 Å². The van der Waals surface area contributed by atoms with Crippen molar-refractivity contribution >= 4 is 41.2 Å². The molecule has 4 N–H and O–H groups in total. The quantitative estimate of drug-likeness (QED) is 0.341. The van der Waals surface area contributed by atoms with Gasteiger partial charge in [-0.1, -0.05) is 23.7 Å². The first-order valence-electron chi connectivity index (χ1n) is 8.47. The fourth-order valence-corrected chi connectivity index (χ4v) is 2.28. The lowest BCUT2D eigenvalue weighted by molar-refractivity contribution is -0.136. The summed E-state index contributed by atoms with van der Waals surface area (Å²) in [6, 6.07) is 11.3. The van der Waals surface area contributed by atoms with Crippen molar-refractivity contribution in [2.75, 3.05) is 18.5 Å².